The van der Waals surface area contributed by atoms with Gasteiger partial charge >= 0.3 is 0 Å². The number of ether oxygens (including phenoxy) is 4. The smallest absolute Gasteiger partial charge is 0.289 e. The average molecular weight is 921 g/mol. The van der Waals surface area contributed by atoms with Crippen LogP contribution in [0.4, 0.5) is 11.4 Å². The van der Waals surface area contributed by atoms with Crippen molar-refractivity contribution in [3.8, 4) is 40.2 Å². The lowest BCUT2D eigenvalue weighted by Crippen LogP contribution is -2.40. The van der Waals surface area contributed by atoms with Crippen LogP contribution in [0.3, 0.4) is 0 Å². The number of carbonyl (C=O) groups is 1. The molecule has 0 spiro atoms. The van der Waals surface area contributed by atoms with Gasteiger partial charge < -0.3 is 38.7 Å². The number of hydrogen-bond acceptors (Lipinski definition) is 12. The van der Waals surface area contributed by atoms with E-state index >= 15 is 0 Å². The summed E-state index contributed by atoms with van der Waals surface area (Å²) in [7, 11) is -1.89. The van der Waals surface area contributed by atoms with Gasteiger partial charge in [-0.25, -0.2) is 18.4 Å². The maximum absolute atomic E-state index is 13.0. The van der Waals surface area contributed by atoms with Gasteiger partial charge in [-0.3, -0.25) is 14.3 Å². The van der Waals surface area contributed by atoms with Gasteiger partial charge in [-0.1, -0.05) is 17.7 Å². The molecule has 1 saturated carbocycles. The molecule has 0 atom stereocenters. The molecule has 1 aliphatic heterocycles. The molecule has 18 heteroatoms. The first kappa shape index (κ1) is 45.0. The van der Waals surface area contributed by atoms with E-state index in [1.54, 1.807) is 93.4 Å². The number of aromatic amines is 1. The lowest BCUT2D eigenvalue weighted by atomic mass is 9.93. The van der Waals surface area contributed by atoms with E-state index in [4.69, 9.17) is 35.8 Å². The summed E-state index contributed by atoms with van der Waals surface area (Å²) in [6.07, 6.45) is 11.5. The van der Waals surface area contributed by atoms with E-state index in [2.05, 4.69) is 29.9 Å². The van der Waals surface area contributed by atoms with Gasteiger partial charge in [-0.2, -0.15) is 5.26 Å². The van der Waals surface area contributed by atoms with Crippen molar-refractivity contribution in [1.82, 2.24) is 24.8 Å². The lowest BCUT2D eigenvalue weighted by Gasteiger charge is -2.33. The van der Waals surface area contributed by atoms with Crippen molar-refractivity contribution in [3.63, 3.8) is 0 Å². The predicted molar refractivity (Wildman–Crippen MR) is 248 cm³/mol. The van der Waals surface area contributed by atoms with Crippen LogP contribution in [0.2, 0.25) is 5.02 Å². The minimum Gasteiger partial charge on any atom is -0.491 e. The summed E-state index contributed by atoms with van der Waals surface area (Å²) >= 11 is 6.15. The Morgan fingerprint density at radius 3 is 2.43 bits per heavy atom. The van der Waals surface area contributed by atoms with E-state index in [9.17, 15) is 18.0 Å². The molecule has 65 heavy (non-hydrogen) atoms. The van der Waals surface area contributed by atoms with E-state index in [1.165, 1.54) is 4.57 Å². The van der Waals surface area contributed by atoms with Crippen molar-refractivity contribution < 1.29 is 32.2 Å². The predicted octanol–water partition coefficient (Wildman–Crippen LogP) is 7.59. The molecular formula is C47H49ClN8O8S. The second-order valence-corrected chi connectivity index (χ2v) is 18.4. The number of anilines is 2. The van der Waals surface area contributed by atoms with E-state index in [0.29, 0.717) is 74.5 Å². The molecule has 3 aromatic heterocycles. The zero-order valence-electron chi connectivity index (χ0n) is 36.0. The van der Waals surface area contributed by atoms with Crippen molar-refractivity contribution in [2.75, 3.05) is 41.7 Å². The molecule has 338 valence electrons. The fourth-order valence-electron chi connectivity index (χ4n) is 8.07. The van der Waals surface area contributed by atoms with Crippen LogP contribution in [0.15, 0.2) is 96.3 Å². The van der Waals surface area contributed by atoms with Crippen LogP contribution in [0.1, 0.15) is 61.6 Å². The Balaban J connectivity index is 0.787. The maximum atomic E-state index is 13.0. The molecule has 3 N–H and O–H groups in total. The Morgan fingerprint density at radius 1 is 0.923 bits per heavy atom. The van der Waals surface area contributed by atoms with Crippen LogP contribution in [0.25, 0.3) is 22.0 Å². The molecule has 2 aliphatic rings. The summed E-state index contributed by atoms with van der Waals surface area (Å²) < 4.78 is 53.7. The highest BCUT2D eigenvalue weighted by Crippen LogP contribution is 2.39. The third-order valence-corrected chi connectivity index (χ3v) is 13.2. The Kier molecular flexibility index (Phi) is 13.9. The average Bonchev–Trinajstić information content (AvgIpc) is 3.81. The van der Waals surface area contributed by atoms with Gasteiger partial charge in [0.25, 0.3) is 11.5 Å². The molecule has 1 saturated heterocycles. The quantitative estimate of drug-likeness (QED) is 0.0805. The van der Waals surface area contributed by atoms with Gasteiger partial charge in [-0.05, 0) is 94.0 Å². The van der Waals surface area contributed by atoms with Gasteiger partial charge in [-0.15, -0.1) is 0 Å². The minimum atomic E-state index is -3.55. The molecule has 3 aromatic carbocycles. The Morgan fingerprint density at radius 2 is 1.69 bits per heavy atom. The SMILES string of the molecule is CCS(=O)(=O)Nc1ccc(Oc2cccc(OCCOC3CCN(c4cnc(C(=O)NC5CCC(Oc6ccc(C#N)c(Cl)c6)CC5)nc4)CC3)c2)c(-c2cn(C)c(=O)c3[nH]ccc23)c1. The first-order chi connectivity index (χ1) is 31.4. The van der Waals surface area contributed by atoms with Crippen molar-refractivity contribution >= 4 is 49.8 Å². The van der Waals surface area contributed by atoms with Crippen LogP contribution >= 0.6 is 11.6 Å². The number of piperidine rings is 1. The number of pyridine rings is 1. The van der Waals surface area contributed by atoms with E-state index in [1.807, 2.05) is 18.2 Å². The molecule has 6 aromatic rings. The Hall–Kier alpha value is -6.61. The number of sulfonamides is 1. The maximum Gasteiger partial charge on any atom is 0.289 e. The highest BCUT2D eigenvalue weighted by Gasteiger charge is 2.26. The van der Waals surface area contributed by atoms with Crippen molar-refractivity contribution in [2.45, 2.75) is 63.7 Å². The minimum absolute atomic E-state index is 0.000706. The standard InChI is InChI=1S/C47H49ClN8O8S/c1-3-65(59,60)54-32-10-14-43(40(23-32)41-29-55(2)47(58)44-39(41)15-18-50-44)64-37-6-4-5-36(24-37)62-22-21-61-34-16-19-56(20-17-34)33-27-51-45(52-28-33)46(57)53-31-8-12-35(13-9-31)63-38-11-7-30(26-49)42(48)25-38/h4-7,10-11,14-15,18,23-25,27-29,31,34-35,50,54H,3,8-9,12-13,16-17,19-22H2,1-2H3,(H,53,57). The molecule has 16 nitrogen and oxygen atoms in total. The Labute approximate surface area is 381 Å². The number of aromatic nitrogens is 4. The molecule has 8 rings (SSSR count). The van der Waals surface area contributed by atoms with E-state index in [0.717, 1.165) is 57.3 Å². The third kappa shape index (κ3) is 11.0. The molecule has 0 radical (unpaired) electrons. The van der Waals surface area contributed by atoms with Crippen molar-refractivity contribution in [3.05, 3.63) is 118 Å². The van der Waals surface area contributed by atoms with Crippen LogP contribution in [0, 0.1) is 11.3 Å². The zero-order valence-corrected chi connectivity index (χ0v) is 37.5. The summed E-state index contributed by atoms with van der Waals surface area (Å²) in [4.78, 5) is 39.8. The number of halogens is 1. The number of nitriles is 1. The lowest BCUT2D eigenvalue weighted by molar-refractivity contribution is 0.0202. The number of H-pyrrole nitrogens is 1. The second kappa shape index (κ2) is 20.1. The molecular weight excluding hydrogens is 872 g/mol. The normalized spacial score (nSPS) is 16.7. The summed E-state index contributed by atoms with van der Waals surface area (Å²) in [5, 5.41) is 13.2. The molecule has 1 aliphatic carbocycles. The highest BCUT2D eigenvalue weighted by molar-refractivity contribution is 7.92. The summed E-state index contributed by atoms with van der Waals surface area (Å²) in [6.45, 7) is 3.78. The van der Waals surface area contributed by atoms with Gasteiger partial charge in [0.1, 0.15) is 41.2 Å². The number of carbonyl (C=O) groups excluding carboxylic acids is 1. The summed E-state index contributed by atoms with van der Waals surface area (Å²) in [5.74, 6) is 1.92. The van der Waals surface area contributed by atoms with E-state index in [-0.39, 0.29) is 41.3 Å². The number of nitrogens with zero attached hydrogens (tertiary/aromatic N) is 5. The van der Waals surface area contributed by atoms with Crippen molar-refractivity contribution in [1.29, 1.82) is 5.26 Å². The van der Waals surface area contributed by atoms with Crippen LogP contribution in [-0.2, 0) is 21.8 Å². The Bertz CT molecular complexity index is 2870. The summed E-state index contributed by atoms with van der Waals surface area (Å²) in [5.41, 5.74) is 3.13. The monoisotopic (exact) mass is 920 g/mol. The van der Waals surface area contributed by atoms with Gasteiger partial charge in [0, 0.05) is 72.9 Å². The number of fused-ring (bicyclic) bond motifs is 1. The van der Waals surface area contributed by atoms with Crippen LogP contribution < -0.4 is 34.7 Å². The van der Waals surface area contributed by atoms with Gasteiger partial charge in [0.2, 0.25) is 15.8 Å². The molecule has 0 bridgehead atoms. The molecule has 0 unspecified atom stereocenters. The molecule has 2 fully saturated rings. The van der Waals surface area contributed by atoms with Gasteiger partial charge in [0.05, 0.1) is 53.2 Å². The number of benzene rings is 3. The van der Waals surface area contributed by atoms with Crippen molar-refractivity contribution in [2.24, 2.45) is 7.05 Å². The van der Waals surface area contributed by atoms with E-state index < -0.39 is 10.0 Å². The number of amides is 1. The number of hydrogen-bond donors (Lipinski definition) is 3. The second-order valence-electron chi connectivity index (χ2n) is 16.0. The third-order valence-electron chi connectivity index (χ3n) is 11.6. The molecule has 1 amide bonds. The fraction of sp³-hybridized carbons (Fsp3) is 0.340. The largest absolute Gasteiger partial charge is 0.491 e. The molecule has 4 heterocycles. The number of aryl methyl sites for hydroxylation is 1. The first-order valence-corrected chi connectivity index (χ1v) is 23.6. The highest BCUT2D eigenvalue weighted by atomic mass is 35.5. The fourth-order valence-corrected chi connectivity index (χ4v) is 8.91. The van der Waals surface area contributed by atoms with Crippen LogP contribution in [0.5, 0.6) is 23.0 Å². The van der Waals surface area contributed by atoms with Crippen LogP contribution in [-0.4, -0.2) is 84.1 Å². The number of nitrogens with one attached hydrogen (secondary N) is 3. The van der Waals surface area contributed by atoms with Gasteiger partial charge in [0.15, 0.2) is 0 Å². The zero-order chi connectivity index (χ0) is 45.5. The topological polar surface area (TPSA) is 203 Å². The summed E-state index contributed by atoms with van der Waals surface area (Å²) in [6, 6.07) is 21.2. The first-order valence-electron chi connectivity index (χ1n) is 21.5. The number of rotatable bonds is 16.